The lowest BCUT2D eigenvalue weighted by atomic mass is 10.1. The number of likely N-dealkylation sites (N-methyl/N-ethyl adjacent to an activating group) is 1. The van der Waals surface area contributed by atoms with E-state index in [-0.39, 0.29) is 19.5 Å². The molecule has 0 N–H and O–H groups in total. The maximum Gasteiger partial charge on any atom is 0.463 e. The van der Waals surface area contributed by atoms with Crippen LogP contribution in [0.3, 0.4) is 0 Å². The summed E-state index contributed by atoms with van der Waals surface area (Å²) in [5.41, 5.74) is 0.758. The van der Waals surface area contributed by atoms with Crippen LogP contribution < -0.4 is 0 Å². The number of halogens is 5. The van der Waals surface area contributed by atoms with E-state index in [0.29, 0.717) is 4.90 Å². The van der Waals surface area contributed by atoms with E-state index in [0.717, 1.165) is 5.56 Å². The first-order chi connectivity index (χ1) is 9.20. The smallest absolute Gasteiger partial charge is 0.337 e. The van der Waals surface area contributed by atoms with E-state index < -0.39 is 18.0 Å². The van der Waals surface area contributed by atoms with Gasteiger partial charge in [0.05, 0.1) is 0 Å². The van der Waals surface area contributed by atoms with E-state index in [4.69, 9.17) is 0 Å². The van der Waals surface area contributed by atoms with Gasteiger partial charge in [-0.15, -0.1) is 0 Å². The van der Waals surface area contributed by atoms with Gasteiger partial charge in [0.25, 0.3) is 0 Å². The average molecular weight is 295 g/mol. The molecule has 1 aromatic carbocycles. The van der Waals surface area contributed by atoms with Crippen molar-refractivity contribution in [2.24, 2.45) is 0 Å². The summed E-state index contributed by atoms with van der Waals surface area (Å²) in [6, 6.07) is 8.61. The number of carbonyl (C=O) groups excluding carboxylic acids is 1. The summed E-state index contributed by atoms with van der Waals surface area (Å²) in [4.78, 5) is 11.8. The van der Waals surface area contributed by atoms with Crippen LogP contribution in [-0.4, -0.2) is 36.0 Å². The summed E-state index contributed by atoms with van der Waals surface area (Å²) in [5.74, 6) is -7.55. The molecular weight excluding hydrogens is 281 g/mol. The number of benzene rings is 1. The molecule has 0 saturated heterocycles. The van der Waals surface area contributed by atoms with Crippen molar-refractivity contribution in [3.8, 4) is 0 Å². The van der Waals surface area contributed by atoms with Gasteiger partial charge in [0, 0.05) is 13.1 Å². The standard InChI is InChI=1S/C13H14F5NO/c1-2-19(9-8-10-6-4-3-5-7-10)11(20)12(14,15)13(16,17)18/h3-7H,2,8-9H2,1H3. The fourth-order valence-corrected chi connectivity index (χ4v) is 1.63. The minimum absolute atomic E-state index is 0.189. The van der Waals surface area contributed by atoms with Gasteiger partial charge in [0.15, 0.2) is 0 Å². The van der Waals surface area contributed by atoms with E-state index in [9.17, 15) is 26.7 Å². The van der Waals surface area contributed by atoms with E-state index in [2.05, 4.69) is 0 Å². The maximum absolute atomic E-state index is 13.0. The molecule has 1 rings (SSSR count). The van der Waals surface area contributed by atoms with Crippen molar-refractivity contribution in [1.29, 1.82) is 0 Å². The van der Waals surface area contributed by atoms with Gasteiger partial charge in [0.1, 0.15) is 0 Å². The molecule has 1 aromatic rings. The van der Waals surface area contributed by atoms with Gasteiger partial charge in [-0.3, -0.25) is 4.79 Å². The Hall–Kier alpha value is -1.66. The lowest BCUT2D eigenvalue weighted by molar-refractivity contribution is -0.274. The van der Waals surface area contributed by atoms with Crippen molar-refractivity contribution in [3.05, 3.63) is 35.9 Å². The molecule has 112 valence electrons. The molecule has 20 heavy (non-hydrogen) atoms. The second-order valence-corrected chi connectivity index (χ2v) is 4.19. The molecule has 0 aliphatic rings. The minimum atomic E-state index is -5.87. The first-order valence-corrected chi connectivity index (χ1v) is 5.98. The lowest BCUT2D eigenvalue weighted by Crippen LogP contribution is -2.52. The third kappa shape index (κ3) is 3.68. The Kier molecular flexibility index (Phi) is 5.08. The molecule has 0 aliphatic carbocycles. The van der Waals surface area contributed by atoms with Gasteiger partial charge < -0.3 is 4.90 Å². The highest BCUT2D eigenvalue weighted by atomic mass is 19.4. The van der Waals surface area contributed by atoms with Gasteiger partial charge in [-0.2, -0.15) is 22.0 Å². The van der Waals surface area contributed by atoms with Crippen LogP contribution in [0, 0.1) is 0 Å². The monoisotopic (exact) mass is 295 g/mol. The Bertz CT molecular complexity index is 444. The number of hydrogen-bond donors (Lipinski definition) is 0. The molecule has 0 saturated carbocycles. The van der Waals surface area contributed by atoms with Gasteiger partial charge >= 0.3 is 18.0 Å². The number of alkyl halides is 5. The van der Waals surface area contributed by atoms with Crippen molar-refractivity contribution in [2.45, 2.75) is 25.4 Å². The molecular formula is C13H14F5NO. The summed E-state index contributed by atoms with van der Waals surface area (Å²) >= 11 is 0. The van der Waals surface area contributed by atoms with E-state index in [1.54, 1.807) is 30.3 Å². The third-order valence-electron chi connectivity index (χ3n) is 2.81. The quantitative estimate of drug-likeness (QED) is 0.763. The summed E-state index contributed by atoms with van der Waals surface area (Å²) in [7, 11) is 0. The summed E-state index contributed by atoms with van der Waals surface area (Å²) in [6.45, 7) is 0.956. The number of nitrogens with zero attached hydrogens (tertiary/aromatic N) is 1. The fraction of sp³-hybridized carbons (Fsp3) is 0.462. The van der Waals surface area contributed by atoms with Crippen LogP contribution in [0.5, 0.6) is 0 Å². The van der Waals surface area contributed by atoms with Crippen LogP contribution in [0.1, 0.15) is 12.5 Å². The van der Waals surface area contributed by atoms with Crippen LogP contribution in [-0.2, 0) is 11.2 Å². The second-order valence-electron chi connectivity index (χ2n) is 4.19. The molecule has 0 heterocycles. The molecule has 2 nitrogen and oxygen atoms in total. The first kappa shape index (κ1) is 16.4. The lowest BCUT2D eigenvalue weighted by Gasteiger charge is -2.27. The van der Waals surface area contributed by atoms with Crippen molar-refractivity contribution in [3.63, 3.8) is 0 Å². The van der Waals surface area contributed by atoms with Crippen molar-refractivity contribution in [1.82, 2.24) is 4.90 Å². The zero-order valence-electron chi connectivity index (χ0n) is 10.8. The van der Waals surface area contributed by atoms with Crippen LogP contribution in [0.2, 0.25) is 0 Å². The Morgan fingerprint density at radius 3 is 2.10 bits per heavy atom. The largest absolute Gasteiger partial charge is 0.463 e. The Balaban J connectivity index is 2.74. The van der Waals surface area contributed by atoms with Gasteiger partial charge in [-0.05, 0) is 18.9 Å². The molecule has 7 heteroatoms. The number of hydrogen-bond acceptors (Lipinski definition) is 1. The molecule has 0 radical (unpaired) electrons. The van der Waals surface area contributed by atoms with Gasteiger partial charge in [0.2, 0.25) is 0 Å². The first-order valence-electron chi connectivity index (χ1n) is 5.98. The average Bonchev–Trinajstić information content (AvgIpc) is 2.39. The molecule has 0 atom stereocenters. The van der Waals surface area contributed by atoms with E-state index in [1.165, 1.54) is 6.92 Å². The topological polar surface area (TPSA) is 20.3 Å². The Morgan fingerprint density at radius 1 is 1.10 bits per heavy atom. The summed E-state index contributed by atoms with van der Waals surface area (Å²) in [6.07, 6.45) is -5.65. The highest BCUT2D eigenvalue weighted by Crippen LogP contribution is 2.36. The van der Waals surface area contributed by atoms with Crippen LogP contribution in [0.4, 0.5) is 22.0 Å². The van der Waals surface area contributed by atoms with Crippen molar-refractivity contribution in [2.75, 3.05) is 13.1 Å². The highest BCUT2D eigenvalue weighted by Gasteiger charge is 2.64. The number of rotatable bonds is 5. The summed E-state index contributed by atoms with van der Waals surface area (Å²) < 4.78 is 62.4. The van der Waals surface area contributed by atoms with Crippen LogP contribution >= 0.6 is 0 Å². The molecule has 1 amide bonds. The zero-order valence-corrected chi connectivity index (χ0v) is 10.8. The Morgan fingerprint density at radius 2 is 1.65 bits per heavy atom. The second kappa shape index (κ2) is 6.19. The molecule has 0 aromatic heterocycles. The fourth-order valence-electron chi connectivity index (χ4n) is 1.63. The predicted molar refractivity (Wildman–Crippen MR) is 63.4 cm³/mol. The minimum Gasteiger partial charge on any atom is -0.337 e. The zero-order chi connectivity index (χ0) is 15.4. The molecule has 0 unspecified atom stereocenters. The molecule has 0 fully saturated rings. The number of carbonyl (C=O) groups is 1. The van der Waals surface area contributed by atoms with Crippen molar-refractivity contribution >= 4 is 5.91 Å². The normalized spacial score (nSPS) is 12.3. The van der Waals surface area contributed by atoms with Crippen LogP contribution in [0.25, 0.3) is 0 Å². The van der Waals surface area contributed by atoms with Gasteiger partial charge in [-0.25, -0.2) is 0 Å². The molecule has 0 spiro atoms. The SMILES string of the molecule is CCN(CCc1ccccc1)C(=O)C(F)(F)C(F)(F)F. The third-order valence-corrected chi connectivity index (χ3v) is 2.81. The highest BCUT2D eigenvalue weighted by molar-refractivity contribution is 5.84. The maximum atomic E-state index is 13.0. The summed E-state index contributed by atoms with van der Waals surface area (Å²) in [5, 5.41) is 0. The Labute approximate surface area is 113 Å². The molecule has 0 aliphatic heterocycles. The predicted octanol–water partition coefficient (Wildman–Crippen LogP) is 3.28. The van der Waals surface area contributed by atoms with E-state index in [1.807, 2.05) is 0 Å². The molecule has 0 bridgehead atoms. The van der Waals surface area contributed by atoms with E-state index >= 15 is 0 Å². The van der Waals surface area contributed by atoms with Crippen molar-refractivity contribution < 1.29 is 26.7 Å². The number of amides is 1. The van der Waals surface area contributed by atoms with Crippen LogP contribution in [0.15, 0.2) is 30.3 Å². The van der Waals surface area contributed by atoms with Gasteiger partial charge in [-0.1, -0.05) is 30.3 Å².